The highest BCUT2D eigenvalue weighted by molar-refractivity contribution is 4.80. The molecule has 18 heavy (non-hydrogen) atoms. The molecule has 0 radical (unpaired) electrons. The van der Waals surface area contributed by atoms with Crippen LogP contribution in [0.5, 0.6) is 0 Å². The van der Waals surface area contributed by atoms with Crippen LogP contribution in [0.2, 0.25) is 0 Å². The second-order valence-corrected chi connectivity index (χ2v) is 5.94. The van der Waals surface area contributed by atoms with E-state index in [4.69, 9.17) is 4.74 Å². The summed E-state index contributed by atoms with van der Waals surface area (Å²) in [6, 6.07) is 1.32. The Morgan fingerprint density at radius 3 is 2.44 bits per heavy atom. The first-order chi connectivity index (χ1) is 8.67. The normalized spacial score (nSPS) is 20.5. The van der Waals surface area contributed by atoms with Crippen molar-refractivity contribution in [3.05, 3.63) is 0 Å². The molecule has 3 nitrogen and oxygen atoms in total. The van der Waals surface area contributed by atoms with E-state index in [1.54, 1.807) is 0 Å². The lowest BCUT2D eigenvalue weighted by molar-refractivity contribution is 0.0760. The summed E-state index contributed by atoms with van der Waals surface area (Å²) in [5.74, 6) is 0.784. The number of nitrogens with one attached hydrogen (secondary N) is 1. The largest absolute Gasteiger partial charge is 0.384 e. The number of piperidine rings is 1. The van der Waals surface area contributed by atoms with Gasteiger partial charge in [0.25, 0.3) is 0 Å². The topological polar surface area (TPSA) is 24.5 Å². The summed E-state index contributed by atoms with van der Waals surface area (Å²) in [7, 11) is 1.82. The molecule has 0 aromatic rings. The molecule has 1 heterocycles. The number of nitrogens with zero attached hydrogens (tertiary/aromatic N) is 1. The van der Waals surface area contributed by atoms with Crippen molar-refractivity contribution in [3.63, 3.8) is 0 Å². The quantitative estimate of drug-likeness (QED) is 0.722. The molecule has 1 aliphatic heterocycles. The molecule has 0 aromatic carbocycles. The van der Waals surface area contributed by atoms with Gasteiger partial charge in [0.2, 0.25) is 0 Å². The van der Waals surface area contributed by atoms with Crippen molar-refractivity contribution < 1.29 is 4.74 Å². The van der Waals surface area contributed by atoms with Crippen molar-refractivity contribution in [1.29, 1.82) is 0 Å². The summed E-state index contributed by atoms with van der Waals surface area (Å²) in [5.41, 5.74) is 0. The second kappa shape index (κ2) is 8.89. The monoisotopic (exact) mass is 256 g/mol. The first kappa shape index (κ1) is 15.9. The van der Waals surface area contributed by atoms with Crippen molar-refractivity contribution in [2.24, 2.45) is 5.92 Å². The van der Waals surface area contributed by atoms with Gasteiger partial charge in [-0.1, -0.05) is 27.2 Å². The summed E-state index contributed by atoms with van der Waals surface area (Å²) in [5, 5.41) is 3.60. The highest BCUT2D eigenvalue weighted by Crippen LogP contribution is 2.20. The van der Waals surface area contributed by atoms with E-state index in [9.17, 15) is 0 Å². The third-order valence-electron chi connectivity index (χ3n) is 3.95. The molecule has 1 saturated heterocycles. The lowest BCUT2D eigenvalue weighted by atomic mass is 9.95. The van der Waals surface area contributed by atoms with Crippen molar-refractivity contribution in [3.8, 4) is 0 Å². The van der Waals surface area contributed by atoms with Gasteiger partial charge >= 0.3 is 0 Å². The molecule has 1 N–H and O–H groups in total. The molecule has 1 fully saturated rings. The van der Waals surface area contributed by atoms with Gasteiger partial charge in [-0.05, 0) is 38.3 Å². The van der Waals surface area contributed by atoms with Crippen molar-refractivity contribution in [2.75, 3.05) is 33.4 Å². The van der Waals surface area contributed by atoms with E-state index >= 15 is 0 Å². The summed E-state index contributed by atoms with van der Waals surface area (Å²) in [4.78, 5) is 2.69. The summed E-state index contributed by atoms with van der Waals surface area (Å²) in [6.45, 7) is 11.3. The molecule has 1 atom stereocenters. The number of hydrogen-bond acceptors (Lipinski definition) is 3. The van der Waals surface area contributed by atoms with Gasteiger partial charge in [-0.2, -0.15) is 0 Å². The zero-order valence-electron chi connectivity index (χ0n) is 12.7. The fraction of sp³-hybridized carbons (Fsp3) is 1.00. The Bertz CT molecular complexity index is 201. The zero-order chi connectivity index (χ0) is 13.4. The molecule has 0 aliphatic carbocycles. The van der Waals surface area contributed by atoms with Gasteiger partial charge in [-0.15, -0.1) is 0 Å². The molecular weight excluding hydrogens is 224 g/mol. The maximum Gasteiger partial charge on any atom is 0.0491 e. The van der Waals surface area contributed by atoms with Crippen LogP contribution in [0.1, 0.15) is 46.5 Å². The van der Waals surface area contributed by atoms with E-state index < -0.39 is 0 Å². The predicted octanol–water partition coefficient (Wildman–Crippen LogP) is 2.51. The third kappa shape index (κ3) is 5.68. The van der Waals surface area contributed by atoms with Crippen LogP contribution in [-0.2, 0) is 4.74 Å². The molecule has 108 valence electrons. The number of hydrogen-bond donors (Lipinski definition) is 1. The molecular formula is C15H32N2O. The van der Waals surface area contributed by atoms with Gasteiger partial charge in [0, 0.05) is 32.3 Å². The molecule has 0 spiro atoms. The standard InChI is InChI=1S/C15H32N2O/c1-5-6-15(11-16-13(2)3)17-9-7-14(8-10-17)12-18-4/h13-16H,5-12H2,1-4H3. The summed E-state index contributed by atoms with van der Waals surface area (Å²) in [6.07, 6.45) is 5.20. The predicted molar refractivity (Wildman–Crippen MR) is 78.0 cm³/mol. The minimum atomic E-state index is 0.593. The van der Waals surface area contributed by atoms with Crippen LogP contribution in [0.3, 0.4) is 0 Å². The Hall–Kier alpha value is -0.120. The van der Waals surface area contributed by atoms with Crippen LogP contribution in [0.15, 0.2) is 0 Å². The van der Waals surface area contributed by atoms with Crippen molar-refractivity contribution in [1.82, 2.24) is 10.2 Å². The van der Waals surface area contributed by atoms with Gasteiger partial charge in [0.05, 0.1) is 0 Å². The van der Waals surface area contributed by atoms with Gasteiger partial charge in [0.1, 0.15) is 0 Å². The van der Waals surface area contributed by atoms with Crippen LogP contribution >= 0.6 is 0 Å². The number of methoxy groups -OCH3 is 1. The second-order valence-electron chi connectivity index (χ2n) is 5.94. The molecule has 1 aliphatic rings. The fourth-order valence-electron chi connectivity index (χ4n) is 2.84. The number of ether oxygens (including phenoxy) is 1. The van der Waals surface area contributed by atoms with Gasteiger partial charge in [-0.25, -0.2) is 0 Å². The average molecular weight is 256 g/mol. The lowest BCUT2D eigenvalue weighted by Crippen LogP contribution is -2.47. The van der Waals surface area contributed by atoms with Gasteiger partial charge in [0.15, 0.2) is 0 Å². The number of rotatable bonds is 8. The Morgan fingerprint density at radius 2 is 1.94 bits per heavy atom. The van der Waals surface area contributed by atoms with Crippen LogP contribution in [0.4, 0.5) is 0 Å². The molecule has 0 saturated carbocycles. The zero-order valence-corrected chi connectivity index (χ0v) is 12.7. The van der Waals surface area contributed by atoms with E-state index in [2.05, 4.69) is 31.0 Å². The van der Waals surface area contributed by atoms with E-state index in [0.717, 1.165) is 25.1 Å². The van der Waals surface area contributed by atoms with E-state index in [1.165, 1.54) is 38.8 Å². The van der Waals surface area contributed by atoms with Gasteiger partial charge < -0.3 is 10.1 Å². The van der Waals surface area contributed by atoms with E-state index in [0.29, 0.717) is 6.04 Å². The molecule has 0 aromatic heterocycles. The van der Waals surface area contributed by atoms with Crippen molar-refractivity contribution in [2.45, 2.75) is 58.5 Å². The summed E-state index contributed by atoms with van der Waals surface area (Å²) >= 11 is 0. The molecule has 1 unspecified atom stereocenters. The Labute approximate surface area is 113 Å². The van der Waals surface area contributed by atoms with E-state index in [-0.39, 0.29) is 0 Å². The average Bonchev–Trinajstić information content (AvgIpc) is 2.36. The fourth-order valence-corrected chi connectivity index (χ4v) is 2.84. The molecule has 3 heteroatoms. The highest BCUT2D eigenvalue weighted by Gasteiger charge is 2.24. The number of likely N-dealkylation sites (tertiary alicyclic amines) is 1. The Balaban J connectivity index is 2.34. The first-order valence-corrected chi connectivity index (χ1v) is 7.63. The minimum absolute atomic E-state index is 0.593. The van der Waals surface area contributed by atoms with Crippen molar-refractivity contribution >= 4 is 0 Å². The molecule has 1 rings (SSSR count). The molecule has 0 bridgehead atoms. The minimum Gasteiger partial charge on any atom is -0.384 e. The van der Waals surface area contributed by atoms with E-state index in [1.807, 2.05) is 7.11 Å². The summed E-state index contributed by atoms with van der Waals surface area (Å²) < 4.78 is 5.27. The maximum absolute atomic E-state index is 5.27. The third-order valence-corrected chi connectivity index (χ3v) is 3.95. The first-order valence-electron chi connectivity index (χ1n) is 7.63. The molecule has 0 amide bonds. The van der Waals surface area contributed by atoms with Crippen LogP contribution in [-0.4, -0.2) is 50.3 Å². The van der Waals surface area contributed by atoms with Gasteiger partial charge in [-0.3, -0.25) is 4.90 Å². The lowest BCUT2D eigenvalue weighted by Gasteiger charge is -2.38. The van der Waals surface area contributed by atoms with Crippen LogP contribution < -0.4 is 5.32 Å². The van der Waals surface area contributed by atoms with Crippen LogP contribution in [0.25, 0.3) is 0 Å². The smallest absolute Gasteiger partial charge is 0.0491 e. The SMILES string of the molecule is CCCC(CNC(C)C)N1CCC(COC)CC1. The highest BCUT2D eigenvalue weighted by atomic mass is 16.5. The Kier molecular flexibility index (Phi) is 7.87. The van der Waals surface area contributed by atoms with Crippen LogP contribution in [0, 0.1) is 5.92 Å². The maximum atomic E-state index is 5.27. The Morgan fingerprint density at radius 1 is 1.28 bits per heavy atom.